The van der Waals surface area contributed by atoms with Crippen molar-refractivity contribution in [2.45, 2.75) is 26.2 Å². The lowest BCUT2D eigenvalue weighted by Crippen LogP contribution is -2.10. The number of rotatable bonds is 5. The molecule has 6 aromatic carbocycles. The number of fused-ring (bicyclic) bond motifs is 3. The van der Waals surface area contributed by atoms with E-state index >= 15 is 0 Å². The molecule has 0 bridgehead atoms. The SMILES string of the molecule is CC(C)(C)c1cccc2c1sc1c(-c3cccc(-c4cc(-c5ccccc5)cc(-c5ccccc5)c4)c3)nc(-c3ccccc3)nc12. The van der Waals surface area contributed by atoms with Crippen LogP contribution in [0.1, 0.15) is 26.3 Å². The van der Waals surface area contributed by atoms with Gasteiger partial charge in [-0.1, -0.05) is 148 Å². The summed E-state index contributed by atoms with van der Waals surface area (Å²) in [6.07, 6.45) is 0. The third-order valence-electron chi connectivity index (χ3n) is 8.80. The van der Waals surface area contributed by atoms with Crippen LogP contribution < -0.4 is 0 Å². The van der Waals surface area contributed by atoms with Crippen molar-refractivity contribution in [3.8, 4) is 56.0 Å². The normalized spacial score (nSPS) is 11.7. The maximum absolute atomic E-state index is 5.29. The molecule has 47 heavy (non-hydrogen) atoms. The molecule has 0 atom stereocenters. The van der Waals surface area contributed by atoms with Crippen LogP contribution in [-0.2, 0) is 5.41 Å². The summed E-state index contributed by atoms with van der Waals surface area (Å²) < 4.78 is 2.41. The summed E-state index contributed by atoms with van der Waals surface area (Å²) in [5, 5.41) is 1.19. The Morgan fingerprint density at radius 1 is 0.426 bits per heavy atom. The molecule has 2 aromatic heterocycles. The van der Waals surface area contributed by atoms with E-state index < -0.39 is 0 Å². The molecule has 0 saturated heterocycles. The highest BCUT2D eigenvalue weighted by Gasteiger charge is 2.22. The predicted molar refractivity (Wildman–Crippen MR) is 201 cm³/mol. The molecule has 2 nitrogen and oxygen atoms in total. The van der Waals surface area contributed by atoms with Gasteiger partial charge in [0.05, 0.1) is 15.9 Å². The maximum Gasteiger partial charge on any atom is 0.160 e. The van der Waals surface area contributed by atoms with Gasteiger partial charge in [0, 0.05) is 21.2 Å². The van der Waals surface area contributed by atoms with Crippen LogP contribution in [0.3, 0.4) is 0 Å². The third kappa shape index (κ3) is 5.54. The molecule has 2 heterocycles. The first kappa shape index (κ1) is 29.1. The molecule has 8 aromatic rings. The molecule has 3 heteroatoms. The molecule has 8 rings (SSSR count). The number of thiophene rings is 1. The van der Waals surface area contributed by atoms with Gasteiger partial charge in [0.15, 0.2) is 5.82 Å². The first-order valence-electron chi connectivity index (χ1n) is 16.1. The van der Waals surface area contributed by atoms with Crippen LogP contribution in [0.15, 0.2) is 152 Å². The fourth-order valence-electron chi connectivity index (χ4n) is 6.40. The van der Waals surface area contributed by atoms with Crippen molar-refractivity contribution in [3.05, 3.63) is 157 Å². The van der Waals surface area contributed by atoms with Crippen molar-refractivity contribution in [1.82, 2.24) is 9.97 Å². The van der Waals surface area contributed by atoms with E-state index in [1.165, 1.54) is 43.5 Å². The van der Waals surface area contributed by atoms with E-state index in [0.29, 0.717) is 0 Å². The summed E-state index contributed by atoms with van der Waals surface area (Å²) in [5.74, 6) is 0.747. The number of aromatic nitrogens is 2. The smallest absolute Gasteiger partial charge is 0.160 e. The van der Waals surface area contributed by atoms with E-state index in [4.69, 9.17) is 9.97 Å². The van der Waals surface area contributed by atoms with E-state index in [1.54, 1.807) is 0 Å². The molecular weight excluding hydrogens is 589 g/mol. The summed E-state index contributed by atoms with van der Waals surface area (Å²) in [5.41, 5.74) is 12.6. The Bertz CT molecular complexity index is 2310. The second-order valence-corrected chi connectivity index (χ2v) is 14.1. The molecule has 0 aliphatic rings. The standard InChI is InChI=1S/C44H34N2S/c1-44(2,3)38-24-14-23-37-40-42(47-41(37)38)39(45-43(46-40)31-19-11-6-12-20-31)33-22-13-21-32(25-33)36-27-34(29-15-7-4-8-16-29)26-35(28-36)30-17-9-5-10-18-30/h4-28H,1-3H3. The van der Waals surface area contributed by atoms with Gasteiger partial charge in [-0.3, -0.25) is 0 Å². The minimum Gasteiger partial charge on any atom is -0.226 e. The summed E-state index contributed by atoms with van der Waals surface area (Å²) >= 11 is 1.82. The zero-order chi connectivity index (χ0) is 32.0. The minimum atomic E-state index is 0.0103. The first-order chi connectivity index (χ1) is 22.9. The van der Waals surface area contributed by atoms with Crippen molar-refractivity contribution in [2.75, 3.05) is 0 Å². The van der Waals surface area contributed by atoms with Gasteiger partial charge >= 0.3 is 0 Å². The van der Waals surface area contributed by atoms with Crippen LogP contribution in [0.4, 0.5) is 0 Å². The molecule has 0 aliphatic carbocycles. The lowest BCUT2D eigenvalue weighted by Gasteiger charge is -2.19. The summed E-state index contributed by atoms with van der Waals surface area (Å²) in [6, 6.07) is 54.0. The van der Waals surface area contributed by atoms with Crippen molar-refractivity contribution >= 4 is 31.6 Å². The van der Waals surface area contributed by atoms with Crippen LogP contribution in [0, 0.1) is 0 Å². The Hall–Kier alpha value is -5.38. The molecule has 0 radical (unpaired) electrons. The Morgan fingerprint density at radius 2 is 0.915 bits per heavy atom. The molecule has 0 unspecified atom stereocenters. The number of hydrogen-bond donors (Lipinski definition) is 0. The maximum atomic E-state index is 5.29. The number of benzene rings is 6. The Balaban J connectivity index is 1.35. The molecular formula is C44H34N2S. The minimum absolute atomic E-state index is 0.0103. The van der Waals surface area contributed by atoms with Crippen LogP contribution in [0.25, 0.3) is 76.3 Å². The topological polar surface area (TPSA) is 25.8 Å². The summed E-state index contributed by atoms with van der Waals surface area (Å²) in [4.78, 5) is 10.5. The molecule has 0 saturated carbocycles. The number of nitrogens with zero attached hydrogens (tertiary/aromatic N) is 2. The Morgan fingerprint density at radius 3 is 1.51 bits per heavy atom. The summed E-state index contributed by atoms with van der Waals surface area (Å²) in [6.45, 7) is 6.85. The van der Waals surface area contributed by atoms with Crippen molar-refractivity contribution in [1.29, 1.82) is 0 Å². The fraction of sp³-hybridized carbons (Fsp3) is 0.0909. The van der Waals surface area contributed by atoms with E-state index in [2.05, 4.69) is 166 Å². The van der Waals surface area contributed by atoms with E-state index in [-0.39, 0.29) is 5.41 Å². The average Bonchev–Trinajstić information content (AvgIpc) is 3.50. The lowest BCUT2D eigenvalue weighted by atomic mass is 9.86. The van der Waals surface area contributed by atoms with Gasteiger partial charge in [-0.2, -0.15) is 0 Å². The number of hydrogen-bond acceptors (Lipinski definition) is 3. The van der Waals surface area contributed by atoms with Gasteiger partial charge in [0.2, 0.25) is 0 Å². The molecule has 226 valence electrons. The van der Waals surface area contributed by atoms with Gasteiger partial charge < -0.3 is 0 Å². The van der Waals surface area contributed by atoms with Crippen molar-refractivity contribution in [3.63, 3.8) is 0 Å². The van der Waals surface area contributed by atoms with E-state index in [9.17, 15) is 0 Å². The quantitative estimate of drug-likeness (QED) is 0.191. The Kier molecular flexibility index (Phi) is 7.27. The summed E-state index contributed by atoms with van der Waals surface area (Å²) in [7, 11) is 0. The molecule has 0 amide bonds. The first-order valence-corrected chi connectivity index (χ1v) is 16.9. The van der Waals surface area contributed by atoms with Crippen LogP contribution >= 0.6 is 11.3 Å². The monoisotopic (exact) mass is 622 g/mol. The zero-order valence-electron chi connectivity index (χ0n) is 26.7. The predicted octanol–water partition coefficient (Wildman–Crippen LogP) is 12.5. The second-order valence-electron chi connectivity index (χ2n) is 13.1. The van der Waals surface area contributed by atoms with Crippen LogP contribution in [0.5, 0.6) is 0 Å². The van der Waals surface area contributed by atoms with E-state index in [1.807, 2.05) is 17.4 Å². The lowest BCUT2D eigenvalue weighted by molar-refractivity contribution is 0.597. The van der Waals surface area contributed by atoms with E-state index in [0.717, 1.165) is 38.4 Å². The largest absolute Gasteiger partial charge is 0.226 e. The molecule has 0 fully saturated rings. The third-order valence-corrected chi connectivity index (χ3v) is 10.0. The molecule has 0 N–H and O–H groups in total. The van der Waals surface area contributed by atoms with Crippen LogP contribution in [-0.4, -0.2) is 9.97 Å². The second kappa shape index (κ2) is 11.8. The average molecular weight is 623 g/mol. The van der Waals surface area contributed by atoms with Gasteiger partial charge in [-0.05, 0) is 68.6 Å². The molecule has 0 aliphatic heterocycles. The van der Waals surface area contributed by atoms with Crippen LogP contribution in [0.2, 0.25) is 0 Å². The molecule has 0 spiro atoms. The zero-order valence-corrected chi connectivity index (χ0v) is 27.6. The van der Waals surface area contributed by atoms with Gasteiger partial charge in [0.25, 0.3) is 0 Å². The van der Waals surface area contributed by atoms with Gasteiger partial charge in [0.1, 0.15) is 0 Å². The highest BCUT2D eigenvalue weighted by molar-refractivity contribution is 7.26. The Labute approximate surface area is 280 Å². The highest BCUT2D eigenvalue weighted by atomic mass is 32.1. The fourth-order valence-corrected chi connectivity index (χ4v) is 7.88. The highest BCUT2D eigenvalue weighted by Crippen LogP contribution is 2.44. The van der Waals surface area contributed by atoms with Gasteiger partial charge in [-0.15, -0.1) is 11.3 Å². The van der Waals surface area contributed by atoms with Gasteiger partial charge in [-0.25, -0.2) is 9.97 Å². The van der Waals surface area contributed by atoms with Crippen molar-refractivity contribution in [2.24, 2.45) is 0 Å². The van der Waals surface area contributed by atoms with Crippen molar-refractivity contribution < 1.29 is 0 Å².